The fourth-order valence-corrected chi connectivity index (χ4v) is 1.67. The molecule has 4 nitrogen and oxygen atoms in total. The van der Waals surface area contributed by atoms with Gasteiger partial charge in [0.25, 0.3) is 0 Å². The lowest BCUT2D eigenvalue weighted by Crippen LogP contribution is -2.28. The third-order valence-corrected chi connectivity index (χ3v) is 2.63. The van der Waals surface area contributed by atoms with Crippen molar-refractivity contribution < 1.29 is 4.42 Å². The van der Waals surface area contributed by atoms with Gasteiger partial charge in [-0.1, -0.05) is 0 Å². The van der Waals surface area contributed by atoms with Crippen molar-refractivity contribution in [2.75, 3.05) is 5.73 Å². The first-order chi connectivity index (χ1) is 8.25. The first-order valence-corrected chi connectivity index (χ1v) is 5.71. The van der Waals surface area contributed by atoms with Gasteiger partial charge in [0.05, 0.1) is 17.6 Å². The van der Waals surface area contributed by atoms with Crippen LogP contribution in [0.15, 0.2) is 41.1 Å². The maximum atomic E-state index is 5.82. The molecule has 0 aromatic carbocycles. The maximum absolute atomic E-state index is 5.82. The first kappa shape index (κ1) is 11.7. The number of pyridine rings is 1. The lowest BCUT2D eigenvalue weighted by Gasteiger charge is -2.12. The molecule has 0 aliphatic rings. The van der Waals surface area contributed by atoms with Crippen molar-refractivity contribution in [1.29, 1.82) is 0 Å². The number of hydrogen-bond donors (Lipinski definition) is 2. The second-order valence-electron chi connectivity index (χ2n) is 4.10. The van der Waals surface area contributed by atoms with Gasteiger partial charge in [0.1, 0.15) is 5.76 Å². The minimum absolute atomic E-state index is 0.322. The highest BCUT2D eigenvalue weighted by Gasteiger charge is 2.06. The molecule has 4 heteroatoms. The summed E-state index contributed by atoms with van der Waals surface area (Å²) < 4.78 is 5.30. The minimum atomic E-state index is 0.322. The zero-order chi connectivity index (χ0) is 12.1. The Hall–Kier alpha value is -1.81. The first-order valence-electron chi connectivity index (χ1n) is 5.71. The number of hydrogen-bond acceptors (Lipinski definition) is 4. The predicted molar refractivity (Wildman–Crippen MR) is 67.4 cm³/mol. The number of nitrogens with one attached hydrogen (secondary N) is 1. The number of rotatable bonds is 5. The van der Waals surface area contributed by atoms with Gasteiger partial charge in [-0.3, -0.25) is 4.98 Å². The molecule has 2 aromatic heterocycles. The van der Waals surface area contributed by atoms with E-state index in [1.807, 2.05) is 24.3 Å². The third-order valence-electron chi connectivity index (χ3n) is 2.63. The SMILES string of the molecule is CC(Cc1ccco1)NCc1ncccc1N. The van der Waals surface area contributed by atoms with Gasteiger partial charge in [-0.2, -0.15) is 0 Å². The summed E-state index contributed by atoms with van der Waals surface area (Å²) in [5.41, 5.74) is 7.44. The zero-order valence-corrected chi connectivity index (χ0v) is 9.89. The van der Waals surface area contributed by atoms with Crippen LogP contribution in [0, 0.1) is 0 Å². The lowest BCUT2D eigenvalue weighted by molar-refractivity contribution is 0.455. The van der Waals surface area contributed by atoms with Crippen LogP contribution in [-0.2, 0) is 13.0 Å². The van der Waals surface area contributed by atoms with Gasteiger partial charge in [-0.05, 0) is 31.2 Å². The smallest absolute Gasteiger partial charge is 0.105 e. The summed E-state index contributed by atoms with van der Waals surface area (Å²) in [6, 6.07) is 7.90. The van der Waals surface area contributed by atoms with E-state index in [1.165, 1.54) is 0 Å². The molecule has 0 amide bonds. The van der Waals surface area contributed by atoms with Crippen LogP contribution in [0.4, 0.5) is 5.69 Å². The molecule has 2 rings (SSSR count). The Labute approximate surface area is 101 Å². The van der Waals surface area contributed by atoms with Crippen molar-refractivity contribution in [2.24, 2.45) is 0 Å². The second-order valence-corrected chi connectivity index (χ2v) is 4.10. The van der Waals surface area contributed by atoms with Crippen LogP contribution in [0.3, 0.4) is 0 Å². The molecule has 0 radical (unpaired) electrons. The van der Waals surface area contributed by atoms with E-state index in [0.29, 0.717) is 12.6 Å². The molecular weight excluding hydrogens is 214 g/mol. The van der Waals surface area contributed by atoms with Gasteiger partial charge < -0.3 is 15.5 Å². The highest BCUT2D eigenvalue weighted by atomic mass is 16.3. The molecule has 3 N–H and O–H groups in total. The molecule has 90 valence electrons. The molecule has 0 bridgehead atoms. The van der Waals surface area contributed by atoms with Gasteiger partial charge in [0.15, 0.2) is 0 Å². The number of nitrogens with two attached hydrogens (primary N) is 1. The Morgan fingerprint density at radius 3 is 3.00 bits per heavy atom. The van der Waals surface area contributed by atoms with Gasteiger partial charge in [-0.25, -0.2) is 0 Å². The fraction of sp³-hybridized carbons (Fsp3) is 0.308. The maximum Gasteiger partial charge on any atom is 0.105 e. The summed E-state index contributed by atoms with van der Waals surface area (Å²) in [4.78, 5) is 4.24. The summed E-state index contributed by atoms with van der Waals surface area (Å²) in [6.07, 6.45) is 4.31. The van der Waals surface area contributed by atoms with Crippen LogP contribution < -0.4 is 11.1 Å². The molecule has 1 atom stereocenters. The molecular formula is C13H17N3O. The van der Waals surface area contributed by atoms with E-state index in [4.69, 9.17) is 10.2 Å². The van der Waals surface area contributed by atoms with Gasteiger partial charge in [-0.15, -0.1) is 0 Å². The summed E-state index contributed by atoms with van der Waals surface area (Å²) in [5, 5.41) is 3.38. The van der Waals surface area contributed by atoms with E-state index in [9.17, 15) is 0 Å². The third kappa shape index (κ3) is 3.32. The topological polar surface area (TPSA) is 64.1 Å². The highest BCUT2D eigenvalue weighted by molar-refractivity contribution is 5.41. The van der Waals surface area contributed by atoms with Gasteiger partial charge >= 0.3 is 0 Å². The van der Waals surface area contributed by atoms with E-state index < -0.39 is 0 Å². The summed E-state index contributed by atoms with van der Waals surface area (Å²) >= 11 is 0. The number of nitrogens with zero attached hydrogens (tertiary/aromatic N) is 1. The quantitative estimate of drug-likeness (QED) is 0.825. The molecule has 2 aromatic rings. The summed E-state index contributed by atoms with van der Waals surface area (Å²) in [7, 11) is 0. The second kappa shape index (κ2) is 5.50. The van der Waals surface area contributed by atoms with E-state index >= 15 is 0 Å². The molecule has 0 aliphatic carbocycles. The Morgan fingerprint density at radius 2 is 2.29 bits per heavy atom. The number of furan rings is 1. The average molecular weight is 231 g/mol. The van der Waals surface area contributed by atoms with Crippen molar-refractivity contribution in [2.45, 2.75) is 25.9 Å². The van der Waals surface area contributed by atoms with Crippen LogP contribution in [0.1, 0.15) is 18.4 Å². The van der Waals surface area contributed by atoms with Crippen molar-refractivity contribution >= 4 is 5.69 Å². The van der Waals surface area contributed by atoms with Crippen LogP contribution >= 0.6 is 0 Å². The molecule has 17 heavy (non-hydrogen) atoms. The summed E-state index contributed by atoms with van der Waals surface area (Å²) in [6.45, 7) is 2.79. The molecule has 1 unspecified atom stereocenters. The molecule has 0 aliphatic heterocycles. The van der Waals surface area contributed by atoms with Crippen LogP contribution in [-0.4, -0.2) is 11.0 Å². The monoisotopic (exact) mass is 231 g/mol. The normalized spacial score (nSPS) is 12.5. The van der Waals surface area contributed by atoms with Gasteiger partial charge in [0, 0.05) is 25.2 Å². The van der Waals surface area contributed by atoms with Crippen molar-refractivity contribution in [1.82, 2.24) is 10.3 Å². The standard InChI is InChI=1S/C13H17N3O/c1-10(8-11-4-3-7-17-11)16-9-13-12(14)5-2-6-15-13/h2-7,10,16H,8-9,14H2,1H3. The van der Waals surface area contributed by atoms with Crippen molar-refractivity contribution in [3.63, 3.8) is 0 Å². The lowest BCUT2D eigenvalue weighted by atomic mass is 10.2. The molecule has 0 saturated heterocycles. The number of anilines is 1. The van der Waals surface area contributed by atoms with Gasteiger partial charge in [0.2, 0.25) is 0 Å². The van der Waals surface area contributed by atoms with Crippen LogP contribution in [0.25, 0.3) is 0 Å². The zero-order valence-electron chi connectivity index (χ0n) is 9.89. The van der Waals surface area contributed by atoms with E-state index in [1.54, 1.807) is 12.5 Å². The van der Waals surface area contributed by atoms with Crippen LogP contribution in [0.5, 0.6) is 0 Å². The molecule has 2 heterocycles. The minimum Gasteiger partial charge on any atom is -0.469 e. The van der Waals surface area contributed by atoms with Crippen LogP contribution in [0.2, 0.25) is 0 Å². The van der Waals surface area contributed by atoms with E-state index in [-0.39, 0.29) is 0 Å². The molecule has 0 fully saturated rings. The van der Waals surface area contributed by atoms with Crippen molar-refractivity contribution in [3.05, 3.63) is 48.2 Å². The van der Waals surface area contributed by atoms with E-state index in [2.05, 4.69) is 17.2 Å². The predicted octanol–water partition coefficient (Wildman–Crippen LogP) is 1.98. The average Bonchev–Trinajstić information content (AvgIpc) is 2.81. The Balaban J connectivity index is 1.84. The highest BCUT2D eigenvalue weighted by Crippen LogP contribution is 2.08. The largest absolute Gasteiger partial charge is 0.469 e. The van der Waals surface area contributed by atoms with E-state index in [0.717, 1.165) is 23.6 Å². The summed E-state index contributed by atoms with van der Waals surface area (Å²) in [5.74, 6) is 0.985. The molecule has 0 saturated carbocycles. The fourth-order valence-electron chi connectivity index (χ4n) is 1.67. The number of nitrogen functional groups attached to an aromatic ring is 1. The number of aromatic nitrogens is 1. The van der Waals surface area contributed by atoms with Crippen molar-refractivity contribution in [3.8, 4) is 0 Å². The Morgan fingerprint density at radius 1 is 1.41 bits per heavy atom. The Kier molecular flexibility index (Phi) is 3.77. The molecule has 0 spiro atoms. The Bertz CT molecular complexity index is 453.